The van der Waals surface area contributed by atoms with E-state index in [1.807, 2.05) is 16.8 Å². The molecule has 5 nitrogen and oxygen atoms in total. The fourth-order valence-corrected chi connectivity index (χ4v) is 2.18. The molecule has 1 aliphatic rings. The lowest BCUT2D eigenvalue weighted by Crippen LogP contribution is -2.22. The average Bonchev–Trinajstić information content (AvgIpc) is 2.88. The van der Waals surface area contributed by atoms with Gasteiger partial charge in [0.25, 0.3) is 0 Å². The van der Waals surface area contributed by atoms with Crippen molar-refractivity contribution in [3.8, 4) is 0 Å². The van der Waals surface area contributed by atoms with Crippen molar-refractivity contribution >= 4 is 5.78 Å². The van der Waals surface area contributed by atoms with Gasteiger partial charge in [-0.3, -0.25) is 4.79 Å². The zero-order valence-electron chi connectivity index (χ0n) is 10.9. The Morgan fingerprint density at radius 3 is 2.94 bits per heavy atom. The molecule has 0 aromatic carbocycles. The highest BCUT2D eigenvalue weighted by Gasteiger charge is 2.24. The summed E-state index contributed by atoms with van der Waals surface area (Å²) in [7, 11) is 0. The maximum absolute atomic E-state index is 12.1. The van der Waals surface area contributed by atoms with Gasteiger partial charge in [-0.15, -0.1) is 0 Å². The molecule has 2 atom stereocenters. The minimum absolute atomic E-state index is 0.0208. The summed E-state index contributed by atoms with van der Waals surface area (Å²) >= 11 is 0. The number of allylic oxidation sites excluding steroid dienone is 1. The van der Waals surface area contributed by atoms with Crippen molar-refractivity contribution in [2.75, 3.05) is 0 Å². The minimum Gasteiger partial charge on any atom is -0.324 e. The first kappa shape index (κ1) is 13.0. The van der Waals surface area contributed by atoms with E-state index in [9.17, 15) is 4.79 Å². The van der Waals surface area contributed by atoms with Gasteiger partial charge in [0, 0.05) is 18.5 Å². The molecule has 18 heavy (non-hydrogen) atoms. The Labute approximate surface area is 107 Å². The fourth-order valence-electron chi connectivity index (χ4n) is 2.18. The van der Waals surface area contributed by atoms with E-state index in [4.69, 9.17) is 5.73 Å². The van der Waals surface area contributed by atoms with Crippen molar-refractivity contribution in [3.05, 3.63) is 24.3 Å². The molecule has 0 bridgehead atoms. The third kappa shape index (κ3) is 3.04. The minimum atomic E-state index is -0.0517. The number of nitrogens with two attached hydrogens (primary N) is 1. The number of ketones is 1. The lowest BCUT2D eigenvalue weighted by molar-refractivity contribution is -0.121. The van der Waals surface area contributed by atoms with Crippen molar-refractivity contribution in [2.24, 2.45) is 17.6 Å². The van der Waals surface area contributed by atoms with E-state index in [1.54, 1.807) is 0 Å². The molecule has 0 saturated carbocycles. The second kappa shape index (κ2) is 5.44. The summed E-state index contributed by atoms with van der Waals surface area (Å²) in [5.41, 5.74) is 5.76. The van der Waals surface area contributed by atoms with Crippen LogP contribution in [0.4, 0.5) is 0 Å². The van der Waals surface area contributed by atoms with Gasteiger partial charge in [0.05, 0.1) is 6.42 Å². The molecule has 1 aromatic rings. The van der Waals surface area contributed by atoms with E-state index >= 15 is 0 Å². The van der Waals surface area contributed by atoms with Gasteiger partial charge in [-0.2, -0.15) is 5.10 Å². The summed E-state index contributed by atoms with van der Waals surface area (Å²) in [4.78, 5) is 16.3. The molecule has 1 aliphatic carbocycles. The number of rotatable bonds is 5. The molecule has 1 heterocycles. The Morgan fingerprint density at radius 2 is 2.33 bits per heavy atom. The van der Waals surface area contributed by atoms with E-state index in [0.29, 0.717) is 12.3 Å². The molecule has 0 spiro atoms. The molecule has 5 heteroatoms. The third-order valence-corrected chi connectivity index (χ3v) is 3.10. The van der Waals surface area contributed by atoms with E-state index in [1.165, 1.54) is 6.33 Å². The molecule has 2 rings (SSSR count). The van der Waals surface area contributed by atoms with Crippen molar-refractivity contribution < 1.29 is 4.79 Å². The van der Waals surface area contributed by atoms with Gasteiger partial charge in [0.15, 0.2) is 0 Å². The average molecular weight is 248 g/mol. The molecule has 0 saturated heterocycles. The molecule has 0 radical (unpaired) electrons. The number of aromatic nitrogens is 3. The van der Waals surface area contributed by atoms with Crippen molar-refractivity contribution in [2.45, 2.75) is 39.3 Å². The van der Waals surface area contributed by atoms with Gasteiger partial charge in [0.2, 0.25) is 0 Å². The third-order valence-electron chi connectivity index (χ3n) is 3.10. The van der Waals surface area contributed by atoms with Crippen LogP contribution in [-0.2, 0) is 17.8 Å². The smallest absolute Gasteiger partial charge is 0.147 e. The summed E-state index contributed by atoms with van der Waals surface area (Å²) in [6.45, 7) is 5.03. The first-order chi connectivity index (χ1) is 8.56. The van der Waals surface area contributed by atoms with Crippen LogP contribution in [0.3, 0.4) is 0 Å². The second-order valence-electron chi connectivity index (χ2n) is 5.29. The van der Waals surface area contributed by atoms with Crippen LogP contribution in [0, 0.1) is 11.8 Å². The van der Waals surface area contributed by atoms with Crippen LogP contribution in [0.2, 0.25) is 0 Å². The number of Topliss-reactive ketones (excluding diaryl/α,β-unsaturated/α-hetero) is 1. The highest BCUT2D eigenvalue weighted by Crippen LogP contribution is 2.19. The number of hydrogen-bond acceptors (Lipinski definition) is 4. The molecule has 2 N–H and O–H groups in total. The van der Waals surface area contributed by atoms with E-state index in [0.717, 1.165) is 18.8 Å². The van der Waals surface area contributed by atoms with E-state index < -0.39 is 0 Å². The van der Waals surface area contributed by atoms with Crippen LogP contribution in [0.25, 0.3) is 0 Å². The normalized spacial score (nSPS) is 22.9. The number of carbonyl (C=O) groups excluding carboxylic acids is 1. The summed E-state index contributed by atoms with van der Waals surface area (Å²) < 4.78 is 1.82. The summed E-state index contributed by atoms with van der Waals surface area (Å²) in [6, 6.07) is 0.0208. The summed E-state index contributed by atoms with van der Waals surface area (Å²) in [5.74, 6) is 1.37. The lowest BCUT2D eigenvalue weighted by atomic mass is 10.00. The predicted octanol–water partition coefficient (Wildman–Crippen LogP) is 0.949. The van der Waals surface area contributed by atoms with Gasteiger partial charge in [-0.25, -0.2) is 9.67 Å². The lowest BCUT2D eigenvalue weighted by Gasteiger charge is -2.10. The molecule has 0 fully saturated rings. The van der Waals surface area contributed by atoms with Gasteiger partial charge in [-0.1, -0.05) is 26.0 Å². The predicted molar refractivity (Wildman–Crippen MR) is 68.8 cm³/mol. The van der Waals surface area contributed by atoms with Crippen LogP contribution in [0.5, 0.6) is 0 Å². The molecule has 1 aromatic heterocycles. The Bertz CT molecular complexity index is 450. The van der Waals surface area contributed by atoms with Gasteiger partial charge < -0.3 is 5.73 Å². The zero-order chi connectivity index (χ0) is 13.1. The topological polar surface area (TPSA) is 73.8 Å². The SMILES string of the molecule is CC(C)Cn1ncnc1CC(=O)C1C=CC(N)C1. The first-order valence-electron chi connectivity index (χ1n) is 6.39. The van der Waals surface area contributed by atoms with E-state index in [-0.39, 0.29) is 17.7 Å². The molecule has 0 aliphatic heterocycles. The monoisotopic (exact) mass is 248 g/mol. The largest absolute Gasteiger partial charge is 0.324 e. The van der Waals surface area contributed by atoms with Gasteiger partial charge in [0.1, 0.15) is 17.9 Å². The molecular formula is C13H20N4O. The summed E-state index contributed by atoms with van der Waals surface area (Å²) in [5, 5.41) is 4.16. The standard InChI is InChI=1S/C13H20N4O/c1-9(2)7-17-13(15-8-16-17)6-12(18)10-3-4-11(14)5-10/h3-4,8-11H,5-7,14H2,1-2H3. The van der Waals surface area contributed by atoms with Crippen molar-refractivity contribution in [1.82, 2.24) is 14.8 Å². The molecule has 98 valence electrons. The van der Waals surface area contributed by atoms with Crippen LogP contribution >= 0.6 is 0 Å². The van der Waals surface area contributed by atoms with Crippen molar-refractivity contribution in [1.29, 1.82) is 0 Å². The van der Waals surface area contributed by atoms with E-state index in [2.05, 4.69) is 23.9 Å². The Hall–Kier alpha value is -1.49. The highest BCUT2D eigenvalue weighted by molar-refractivity contribution is 5.84. The first-order valence-corrected chi connectivity index (χ1v) is 6.39. The van der Waals surface area contributed by atoms with Crippen molar-refractivity contribution in [3.63, 3.8) is 0 Å². The van der Waals surface area contributed by atoms with Crippen LogP contribution < -0.4 is 5.73 Å². The number of carbonyl (C=O) groups is 1. The quantitative estimate of drug-likeness (QED) is 0.787. The van der Waals surface area contributed by atoms with Crippen LogP contribution in [0.15, 0.2) is 18.5 Å². The Kier molecular flexibility index (Phi) is 3.91. The maximum Gasteiger partial charge on any atom is 0.147 e. The fraction of sp³-hybridized carbons (Fsp3) is 0.615. The van der Waals surface area contributed by atoms with Gasteiger partial charge >= 0.3 is 0 Å². The van der Waals surface area contributed by atoms with Crippen LogP contribution in [-0.4, -0.2) is 26.6 Å². The number of hydrogen-bond donors (Lipinski definition) is 1. The van der Waals surface area contributed by atoms with Crippen LogP contribution in [0.1, 0.15) is 26.1 Å². The molecule has 0 amide bonds. The Balaban J connectivity index is 1.99. The zero-order valence-corrected chi connectivity index (χ0v) is 10.9. The second-order valence-corrected chi connectivity index (χ2v) is 5.29. The highest BCUT2D eigenvalue weighted by atomic mass is 16.1. The van der Waals surface area contributed by atoms with Gasteiger partial charge in [-0.05, 0) is 12.3 Å². The number of nitrogens with zero attached hydrogens (tertiary/aromatic N) is 3. The summed E-state index contributed by atoms with van der Waals surface area (Å²) in [6.07, 6.45) is 6.39. The maximum atomic E-state index is 12.1. The molecule has 2 unspecified atom stereocenters. The Morgan fingerprint density at radius 1 is 1.56 bits per heavy atom. The molecular weight excluding hydrogens is 228 g/mol.